The third kappa shape index (κ3) is 2.97. The van der Waals surface area contributed by atoms with Crippen LogP contribution in [0.2, 0.25) is 0 Å². The molecule has 2 heterocycles. The van der Waals surface area contributed by atoms with Crippen LogP contribution in [0.4, 0.5) is 0 Å². The van der Waals surface area contributed by atoms with Crippen LogP contribution in [0, 0.1) is 5.92 Å². The smallest absolute Gasteiger partial charge is 0.244 e. The van der Waals surface area contributed by atoms with Crippen LogP contribution in [-0.4, -0.2) is 41.7 Å². The molecule has 0 radical (unpaired) electrons. The number of nitrogens with one attached hydrogen (secondary N) is 1. The molecule has 2 N–H and O–H groups in total. The van der Waals surface area contributed by atoms with E-state index in [0.29, 0.717) is 5.92 Å². The first kappa shape index (κ1) is 14.5. The Labute approximate surface area is 126 Å². The molecule has 1 amide bonds. The SMILES string of the molecule is CC(O)C1CCN(C(=O)C2NCCc3ccccc32)CC1. The summed E-state index contributed by atoms with van der Waals surface area (Å²) in [4.78, 5) is 14.8. The van der Waals surface area contributed by atoms with Crippen LogP contribution in [0.5, 0.6) is 0 Å². The zero-order chi connectivity index (χ0) is 14.8. The van der Waals surface area contributed by atoms with Crippen molar-refractivity contribution in [1.82, 2.24) is 10.2 Å². The second-order valence-electron chi connectivity index (χ2n) is 6.24. The van der Waals surface area contributed by atoms with Gasteiger partial charge in [0.2, 0.25) is 5.91 Å². The summed E-state index contributed by atoms with van der Waals surface area (Å²) in [7, 11) is 0. The van der Waals surface area contributed by atoms with Gasteiger partial charge in [-0.05, 0) is 43.2 Å². The molecule has 1 saturated heterocycles. The monoisotopic (exact) mass is 288 g/mol. The number of nitrogens with zero attached hydrogens (tertiary/aromatic N) is 1. The van der Waals surface area contributed by atoms with E-state index in [4.69, 9.17) is 0 Å². The lowest BCUT2D eigenvalue weighted by atomic mass is 9.90. The number of amides is 1. The molecule has 2 unspecified atom stereocenters. The molecule has 3 rings (SSSR count). The van der Waals surface area contributed by atoms with Crippen molar-refractivity contribution in [2.75, 3.05) is 19.6 Å². The summed E-state index contributed by atoms with van der Waals surface area (Å²) < 4.78 is 0. The predicted molar refractivity (Wildman–Crippen MR) is 81.9 cm³/mol. The topological polar surface area (TPSA) is 52.6 Å². The van der Waals surface area contributed by atoms with Gasteiger partial charge in [0.25, 0.3) is 0 Å². The maximum absolute atomic E-state index is 12.8. The molecule has 0 saturated carbocycles. The molecule has 0 aromatic heterocycles. The second kappa shape index (κ2) is 6.16. The van der Waals surface area contributed by atoms with Crippen molar-refractivity contribution >= 4 is 5.91 Å². The van der Waals surface area contributed by atoms with Crippen molar-refractivity contribution in [3.05, 3.63) is 35.4 Å². The number of rotatable bonds is 2. The van der Waals surface area contributed by atoms with Gasteiger partial charge in [0.15, 0.2) is 0 Å². The average Bonchev–Trinajstić information content (AvgIpc) is 2.53. The van der Waals surface area contributed by atoms with Gasteiger partial charge < -0.3 is 15.3 Å². The number of likely N-dealkylation sites (tertiary alicyclic amines) is 1. The van der Waals surface area contributed by atoms with Gasteiger partial charge in [0.05, 0.1) is 6.10 Å². The Hall–Kier alpha value is -1.39. The van der Waals surface area contributed by atoms with Crippen LogP contribution in [0.1, 0.15) is 36.9 Å². The highest BCUT2D eigenvalue weighted by atomic mass is 16.3. The number of fused-ring (bicyclic) bond motifs is 1. The predicted octanol–water partition coefficient (Wildman–Crippen LogP) is 1.49. The van der Waals surface area contributed by atoms with Crippen molar-refractivity contribution in [1.29, 1.82) is 0 Å². The first-order chi connectivity index (χ1) is 10.2. The zero-order valence-corrected chi connectivity index (χ0v) is 12.6. The highest BCUT2D eigenvalue weighted by Gasteiger charge is 2.32. The Morgan fingerprint density at radius 3 is 2.76 bits per heavy atom. The molecule has 0 spiro atoms. The molecule has 114 valence electrons. The summed E-state index contributed by atoms with van der Waals surface area (Å²) in [5.41, 5.74) is 2.42. The van der Waals surface area contributed by atoms with Gasteiger partial charge in [-0.15, -0.1) is 0 Å². The first-order valence-corrected chi connectivity index (χ1v) is 7.95. The van der Waals surface area contributed by atoms with E-state index in [9.17, 15) is 9.90 Å². The quantitative estimate of drug-likeness (QED) is 0.867. The summed E-state index contributed by atoms with van der Waals surface area (Å²) >= 11 is 0. The van der Waals surface area contributed by atoms with E-state index in [0.717, 1.165) is 44.5 Å². The molecule has 21 heavy (non-hydrogen) atoms. The van der Waals surface area contributed by atoms with Crippen LogP contribution >= 0.6 is 0 Å². The minimum atomic E-state index is -0.268. The Morgan fingerprint density at radius 1 is 1.33 bits per heavy atom. The second-order valence-corrected chi connectivity index (χ2v) is 6.24. The number of piperidine rings is 1. The van der Waals surface area contributed by atoms with Crippen molar-refractivity contribution in [3.8, 4) is 0 Å². The van der Waals surface area contributed by atoms with E-state index in [2.05, 4.69) is 17.4 Å². The molecule has 1 fully saturated rings. The van der Waals surface area contributed by atoms with Crippen LogP contribution in [0.15, 0.2) is 24.3 Å². The standard InChI is InChI=1S/C17H24N2O2/c1-12(20)13-7-10-19(11-8-13)17(21)16-15-5-3-2-4-14(15)6-9-18-16/h2-5,12-13,16,18,20H,6-11H2,1H3. The van der Waals surface area contributed by atoms with Crippen molar-refractivity contribution in [2.45, 2.75) is 38.3 Å². The number of aliphatic hydroxyl groups excluding tert-OH is 1. The van der Waals surface area contributed by atoms with E-state index in [1.54, 1.807) is 0 Å². The van der Waals surface area contributed by atoms with Gasteiger partial charge in [-0.1, -0.05) is 24.3 Å². The van der Waals surface area contributed by atoms with Gasteiger partial charge in [-0.3, -0.25) is 4.79 Å². The highest BCUT2D eigenvalue weighted by Crippen LogP contribution is 2.27. The first-order valence-electron chi connectivity index (χ1n) is 7.95. The molecule has 1 aromatic carbocycles. The Bertz CT molecular complexity index is 507. The van der Waals surface area contributed by atoms with Crippen LogP contribution in [0.25, 0.3) is 0 Å². The summed E-state index contributed by atoms with van der Waals surface area (Å²) in [6.45, 7) is 4.22. The Morgan fingerprint density at radius 2 is 2.05 bits per heavy atom. The summed E-state index contributed by atoms with van der Waals surface area (Å²) in [6, 6.07) is 8.03. The number of carbonyl (C=O) groups excluding carboxylic acids is 1. The van der Waals surface area contributed by atoms with E-state index >= 15 is 0 Å². The fourth-order valence-electron chi connectivity index (χ4n) is 3.51. The molecule has 0 aliphatic carbocycles. The van der Waals surface area contributed by atoms with E-state index in [1.807, 2.05) is 24.0 Å². The minimum Gasteiger partial charge on any atom is -0.393 e. The summed E-state index contributed by atoms with van der Waals surface area (Å²) in [5.74, 6) is 0.520. The van der Waals surface area contributed by atoms with E-state index < -0.39 is 0 Å². The highest BCUT2D eigenvalue weighted by molar-refractivity contribution is 5.84. The van der Waals surface area contributed by atoms with Gasteiger partial charge >= 0.3 is 0 Å². The van der Waals surface area contributed by atoms with Crippen molar-refractivity contribution in [3.63, 3.8) is 0 Å². The third-order valence-electron chi connectivity index (χ3n) is 4.89. The Kier molecular flexibility index (Phi) is 4.27. The van der Waals surface area contributed by atoms with Gasteiger partial charge in [0, 0.05) is 19.6 Å². The van der Waals surface area contributed by atoms with Gasteiger partial charge in [-0.2, -0.15) is 0 Å². The van der Waals surface area contributed by atoms with E-state index in [-0.39, 0.29) is 18.1 Å². The number of hydrogen-bond acceptors (Lipinski definition) is 3. The van der Waals surface area contributed by atoms with Gasteiger partial charge in [0.1, 0.15) is 6.04 Å². The fourth-order valence-corrected chi connectivity index (χ4v) is 3.51. The molecular weight excluding hydrogens is 264 g/mol. The largest absolute Gasteiger partial charge is 0.393 e. The van der Waals surface area contributed by atoms with Crippen LogP contribution in [0.3, 0.4) is 0 Å². The average molecular weight is 288 g/mol. The van der Waals surface area contributed by atoms with Crippen molar-refractivity contribution < 1.29 is 9.90 Å². The summed E-state index contributed by atoms with van der Waals surface area (Å²) in [6.07, 6.45) is 2.52. The normalized spacial score (nSPS) is 24.5. The molecular formula is C17H24N2O2. The van der Waals surface area contributed by atoms with Crippen molar-refractivity contribution in [2.24, 2.45) is 5.92 Å². The number of benzene rings is 1. The zero-order valence-electron chi connectivity index (χ0n) is 12.6. The Balaban J connectivity index is 1.70. The fraction of sp³-hybridized carbons (Fsp3) is 0.588. The lowest BCUT2D eigenvalue weighted by Crippen LogP contribution is -2.47. The van der Waals surface area contributed by atoms with Crippen LogP contribution in [-0.2, 0) is 11.2 Å². The molecule has 2 aliphatic heterocycles. The molecule has 1 aromatic rings. The minimum absolute atomic E-state index is 0.186. The number of aliphatic hydroxyl groups is 1. The maximum atomic E-state index is 12.8. The maximum Gasteiger partial charge on any atom is 0.244 e. The van der Waals surface area contributed by atoms with Gasteiger partial charge in [-0.25, -0.2) is 0 Å². The molecule has 4 nitrogen and oxygen atoms in total. The van der Waals surface area contributed by atoms with E-state index in [1.165, 1.54) is 5.56 Å². The molecule has 2 aliphatic rings. The number of hydrogen-bond donors (Lipinski definition) is 2. The molecule has 0 bridgehead atoms. The summed E-state index contributed by atoms with van der Waals surface area (Å²) in [5, 5.41) is 13.0. The number of carbonyl (C=O) groups is 1. The lowest BCUT2D eigenvalue weighted by Gasteiger charge is -2.36. The molecule has 2 atom stereocenters. The third-order valence-corrected chi connectivity index (χ3v) is 4.89. The molecule has 4 heteroatoms. The van der Waals surface area contributed by atoms with Crippen LogP contribution < -0.4 is 5.32 Å². The lowest BCUT2D eigenvalue weighted by molar-refractivity contribution is -0.135.